The number of phenolic OH excluding ortho intramolecular Hbond substituents is 1. The van der Waals surface area contributed by atoms with Crippen LogP contribution in [0.15, 0.2) is 72.8 Å². The summed E-state index contributed by atoms with van der Waals surface area (Å²) < 4.78 is 23.3. The smallest absolute Gasteiger partial charge is 0.338 e. The molecule has 132 valence electrons. The average molecular weight is 352 g/mol. The molecule has 3 rings (SSSR count). The number of rotatable bonds is 6. The van der Waals surface area contributed by atoms with Gasteiger partial charge in [0.2, 0.25) is 0 Å². The van der Waals surface area contributed by atoms with E-state index in [1.54, 1.807) is 36.4 Å². The summed E-state index contributed by atoms with van der Waals surface area (Å²) >= 11 is 0. The van der Waals surface area contributed by atoms with Crippen LogP contribution in [0, 0.1) is 5.82 Å². The van der Waals surface area contributed by atoms with E-state index in [2.05, 4.69) is 0 Å². The number of carbonyl (C=O) groups excluding carboxylic acids is 1. The highest BCUT2D eigenvalue weighted by Gasteiger charge is 2.08. The lowest BCUT2D eigenvalue weighted by Gasteiger charge is -2.08. The third-order valence-electron chi connectivity index (χ3n) is 3.72. The number of ether oxygens (including phenoxy) is 2. The molecule has 26 heavy (non-hydrogen) atoms. The van der Waals surface area contributed by atoms with Gasteiger partial charge in [0, 0.05) is 0 Å². The third-order valence-corrected chi connectivity index (χ3v) is 3.72. The zero-order valence-corrected chi connectivity index (χ0v) is 13.9. The van der Waals surface area contributed by atoms with Crippen molar-refractivity contribution in [1.82, 2.24) is 0 Å². The summed E-state index contributed by atoms with van der Waals surface area (Å²) in [5.41, 5.74) is 2.31. The minimum Gasteiger partial charge on any atom is -0.508 e. The largest absolute Gasteiger partial charge is 0.508 e. The molecule has 3 aromatic carbocycles. The monoisotopic (exact) mass is 352 g/mol. The van der Waals surface area contributed by atoms with Crippen LogP contribution in [0.4, 0.5) is 4.39 Å². The van der Waals surface area contributed by atoms with Gasteiger partial charge in [-0.05, 0) is 59.7 Å². The lowest BCUT2D eigenvalue weighted by molar-refractivity contribution is 0.0450. The number of hydrogen-bond acceptors (Lipinski definition) is 4. The van der Waals surface area contributed by atoms with Gasteiger partial charge >= 0.3 is 5.97 Å². The molecule has 0 aromatic heterocycles. The first-order valence-corrected chi connectivity index (χ1v) is 8.07. The Bertz CT molecular complexity index is 856. The molecule has 0 aliphatic heterocycles. The van der Waals surface area contributed by atoms with E-state index in [9.17, 15) is 14.3 Å². The first-order chi connectivity index (χ1) is 12.6. The van der Waals surface area contributed by atoms with Crippen molar-refractivity contribution in [3.05, 3.63) is 84.2 Å². The molecule has 5 heteroatoms. The maximum atomic E-state index is 12.8. The van der Waals surface area contributed by atoms with E-state index in [1.165, 1.54) is 24.3 Å². The second-order valence-electron chi connectivity index (χ2n) is 5.56. The van der Waals surface area contributed by atoms with Gasteiger partial charge in [-0.3, -0.25) is 0 Å². The maximum absolute atomic E-state index is 12.8. The van der Waals surface area contributed by atoms with Gasteiger partial charge in [0.1, 0.15) is 30.5 Å². The number of phenols is 1. The minimum absolute atomic E-state index is 0.0932. The molecular formula is C21H17FO4. The van der Waals surface area contributed by atoms with Crippen molar-refractivity contribution in [2.75, 3.05) is 13.2 Å². The maximum Gasteiger partial charge on any atom is 0.338 e. The van der Waals surface area contributed by atoms with Gasteiger partial charge in [0.25, 0.3) is 0 Å². The molecule has 0 aliphatic rings. The Balaban J connectivity index is 1.50. The van der Waals surface area contributed by atoms with Gasteiger partial charge in [-0.25, -0.2) is 9.18 Å². The van der Waals surface area contributed by atoms with Crippen LogP contribution >= 0.6 is 0 Å². The summed E-state index contributed by atoms with van der Waals surface area (Å²) in [7, 11) is 0. The molecular weight excluding hydrogens is 335 g/mol. The Morgan fingerprint density at radius 2 is 1.38 bits per heavy atom. The molecule has 0 amide bonds. The Hall–Kier alpha value is -3.34. The van der Waals surface area contributed by atoms with E-state index in [1.807, 2.05) is 12.1 Å². The Labute approximate surface area is 150 Å². The zero-order valence-electron chi connectivity index (χ0n) is 13.9. The summed E-state index contributed by atoms with van der Waals surface area (Å²) in [5.74, 6) is -0.0537. The first kappa shape index (κ1) is 17.5. The molecule has 0 spiro atoms. The molecule has 0 saturated heterocycles. The first-order valence-electron chi connectivity index (χ1n) is 8.07. The molecule has 0 aliphatic carbocycles. The van der Waals surface area contributed by atoms with Crippen LogP contribution in [0.2, 0.25) is 0 Å². The number of carbonyl (C=O) groups is 1. The standard InChI is InChI=1S/C21H17FO4/c22-18-7-11-20(12-8-18)25-13-14-26-21(24)17-3-1-15(2-4-17)16-5-9-19(23)10-6-16/h1-12,23H,13-14H2. The number of halogens is 1. The third kappa shape index (κ3) is 4.60. The second kappa shape index (κ2) is 8.16. The average Bonchev–Trinajstić information content (AvgIpc) is 2.67. The van der Waals surface area contributed by atoms with Crippen LogP contribution in [0.3, 0.4) is 0 Å². The number of aromatic hydroxyl groups is 1. The van der Waals surface area contributed by atoms with E-state index < -0.39 is 5.97 Å². The fourth-order valence-electron chi connectivity index (χ4n) is 2.36. The quantitative estimate of drug-likeness (QED) is 0.527. The molecule has 1 N–H and O–H groups in total. The van der Waals surface area contributed by atoms with Gasteiger partial charge in [-0.1, -0.05) is 24.3 Å². The van der Waals surface area contributed by atoms with E-state index in [-0.39, 0.29) is 24.8 Å². The highest BCUT2D eigenvalue weighted by atomic mass is 19.1. The molecule has 0 unspecified atom stereocenters. The zero-order chi connectivity index (χ0) is 18.4. The molecule has 4 nitrogen and oxygen atoms in total. The van der Waals surface area contributed by atoms with Crippen molar-refractivity contribution < 1.29 is 23.8 Å². The van der Waals surface area contributed by atoms with Crippen LogP contribution in [0.25, 0.3) is 11.1 Å². The van der Waals surface area contributed by atoms with E-state index >= 15 is 0 Å². The lowest BCUT2D eigenvalue weighted by atomic mass is 10.0. The molecule has 3 aromatic rings. The number of hydrogen-bond donors (Lipinski definition) is 1. The Kier molecular flexibility index (Phi) is 5.49. The number of esters is 1. The highest BCUT2D eigenvalue weighted by molar-refractivity contribution is 5.90. The number of benzene rings is 3. The van der Waals surface area contributed by atoms with E-state index in [0.29, 0.717) is 11.3 Å². The van der Waals surface area contributed by atoms with Crippen molar-refractivity contribution in [1.29, 1.82) is 0 Å². The van der Waals surface area contributed by atoms with Crippen LogP contribution in [0.5, 0.6) is 11.5 Å². The Morgan fingerprint density at radius 3 is 2.00 bits per heavy atom. The fourth-order valence-corrected chi connectivity index (χ4v) is 2.36. The van der Waals surface area contributed by atoms with Gasteiger partial charge in [-0.15, -0.1) is 0 Å². The predicted octanol–water partition coefficient (Wildman–Crippen LogP) is 4.43. The van der Waals surface area contributed by atoms with Gasteiger partial charge in [0.15, 0.2) is 0 Å². The van der Waals surface area contributed by atoms with Gasteiger partial charge < -0.3 is 14.6 Å². The lowest BCUT2D eigenvalue weighted by Crippen LogP contribution is -2.12. The van der Waals surface area contributed by atoms with Crippen molar-refractivity contribution >= 4 is 5.97 Å². The van der Waals surface area contributed by atoms with Crippen LogP contribution in [0.1, 0.15) is 10.4 Å². The van der Waals surface area contributed by atoms with Crippen LogP contribution in [-0.2, 0) is 4.74 Å². The summed E-state index contributed by atoms with van der Waals surface area (Å²) in [6.07, 6.45) is 0. The summed E-state index contributed by atoms with van der Waals surface area (Å²) in [5, 5.41) is 9.32. The van der Waals surface area contributed by atoms with Crippen molar-refractivity contribution in [3.63, 3.8) is 0 Å². The molecule has 0 bridgehead atoms. The SMILES string of the molecule is O=C(OCCOc1ccc(F)cc1)c1ccc(-c2ccc(O)cc2)cc1. The molecule has 0 fully saturated rings. The van der Waals surface area contributed by atoms with Crippen molar-refractivity contribution in [3.8, 4) is 22.6 Å². The molecule has 0 heterocycles. The van der Waals surface area contributed by atoms with Gasteiger partial charge in [0.05, 0.1) is 5.56 Å². The minimum atomic E-state index is -0.440. The summed E-state index contributed by atoms with van der Waals surface area (Å²) in [6.45, 7) is 0.277. The fraction of sp³-hybridized carbons (Fsp3) is 0.0952. The summed E-state index contributed by atoms with van der Waals surface area (Å²) in [4.78, 5) is 12.0. The van der Waals surface area contributed by atoms with Crippen molar-refractivity contribution in [2.45, 2.75) is 0 Å². The topological polar surface area (TPSA) is 55.8 Å². The molecule has 0 atom stereocenters. The van der Waals surface area contributed by atoms with E-state index in [0.717, 1.165) is 11.1 Å². The molecule has 0 radical (unpaired) electrons. The highest BCUT2D eigenvalue weighted by Crippen LogP contribution is 2.22. The van der Waals surface area contributed by atoms with Crippen LogP contribution < -0.4 is 4.74 Å². The van der Waals surface area contributed by atoms with Crippen LogP contribution in [-0.4, -0.2) is 24.3 Å². The van der Waals surface area contributed by atoms with E-state index in [4.69, 9.17) is 9.47 Å². The predicted molar refractivity (Wildman–Crippen MR) is 95.7 cm³/mol. The van der Waals surface area contributed by atoms with Crippen molar-refractivity contribution in [2.24, 2.45) is 0 Å². The normalized spacial score (nSPS) is 10.3. The summed E-state index contributed by atoms with van der Waals surface area (Å²) in [6, 6.07) is 19.5. The second-order valence-corrected chi connectivity index (χ2v) is 5.56. The van der Waals surface area contributed by atoms with Gasteiger partial charge in [-0.2, -0.15) is 0 Å². The molecule has 0 saturated carbocycles. The Morgan fingerprint density at radius 1 is 0.808 bits per heavy atom.